The first-order valence-electron chi connectivity index (χ1n) is 6.95. The van der Waals surface area contributed by atoms with Gasteiger partial charge in [0.2, 0.25) is 0 Å². The van der Waals surface area contributed by atoms with E-state index < -0.39 is 15.8 Å². The Morgan fingerprint density at radius 1 is 1.12 bits per heavy atom. The van der Waals surface area contributed by atoms with Crippen molar-refractivity contribution in [3.05, 3.63) is 71.1 Å². The van der Waals surface area contributed by atoms with Gasteiger partial charge in [-0.15, -0.1) is 5.10 Å². The van der Waals surface area contributed by atoms with Gasteiger partial charge in [0.15, 0.2) is 5.69 Å². The number of hydrogen-bond donors (Lipinski definition) is 1. The van der Waals surface area contributed by atoms with Crippen LogP contribution in [0.1, 0.15) is 5.69 Å². The van der Waals surface area contributed by atoms with Crippen molar-refractivity contribution < 1.29 is 12.8 Å². The van der Waals surface area contributed by atoms with E-state index in [1.54, 1.807) is 24.3 Å². The highest BCUT2D eigenvalue weighted by molar-refractivity contribution is 7.92. The van der Waals surface area contributed by atoms with Crippen molar-refractivity contribution in [1.82, 2.24) is 9.89 Å². The smallest absolute Gasteiger partial charge is 0.207 e. The van der Waals surface area contributed by atoms with Crippen molar-refractivity contribution in [1.29, 1.82) is 5.26 Å². The first kappa shape index (κ1) is 17.0. The van der Waals surface area contributed by atoms with Crippen LogP contribution in [0, 0.1) is 17.1 Å². The molecule has 9 heteroatoms. The lowest BCUT2D eigenvalue weighted by Gasteiger charge is -2.11. The van der Waals surface area contributed by atoms with Crippen LogP contribution in [-0.2, 0) is 10.0 Å². The number of halogens is 2. The molecule has 0 amide bonds. The van der Waals surface area contributed by atoms with Gasteiger partial charge in [-0.3, -0.25) is 0 Å². The third-order valence-corrected chi connectivity index (χ3v) is 4.98. The predicted molar refractivity (Wildman–Crippen MR) is 90.3 cm³/mol. The minimum Gasteiger partial charge on any atom is -0.207 e. The van der Waals surface area contributed by atoms with E-state index in [0.29, 0.717) is 5.56 Å². The van der Waals surface area contributed by atoms with Gasteiger partial charge in [-0.1, -0.05) is 29.8 Å². The van der Waals surface area contributed by atoms with Crippen molar-refractivity contribution in [2.45, 2.75) is 4.90 Å². The van der Waals surface area contributed by atoms with Crippen LogP contribution in [0.25, 0.3) is 11.3 Å². The predicted octanol–water partition coefficient (Wildman–Crippen LogP) is 3.15. The molecule has 2 aromatic carbocycles. The van der Waals surface area contributed by atoms with Gasteiger partial charge in [0.1, 0.15) is 22.6 Å². The number of benzene rings is 2. The molecule has 0 aliphatic rings. The summed E-state index contributed by atoms with van der Waals surface area (Å²) in [4.78, 5) is 3.18. The van der Waals surface area contributed by atoms with Gasteiger partial charge in [0.05, 0.1) is 4.90 Å². The lowest BCUT2D eigenvalue weighted by Crippen LogP contribution is -2.25. The SMILES string of the molecule is N#Cc1nn(NS(=O)(=O)c2ccccc2)c(-c2ccc(F)cc2)c1Cl. The van der Waals surface area contributed by atoms with Crippen molar-refractivity contribution in [2.75, 3.05) is 4.83 Å². The van der Waals surface area contributed by atoms with Crippen LogP contribution in [-0.4, -0.2) is 18.3 Å². The Kier molecular flexibility index (Phi) is 4.44. The molecular formula is C16H10ClFN4O2S. The van der Waals surface area contributed by atoms with E-state index >= 15 is 0 Å². The molecule has 1 N–H and O–H groups in total. The zero-order chi connectivity index (χ0) is 18.0. The second-order valence-electron chi connectivity index (χ2n) is 4.95. The largest absolute Gasteiger partial charge is 0.276 e. The third-order valence-electron chi connectivity index (χ3n) is 3.31. The molecule has 1 heterocycles. The first-order chi connectivity index (χ1) is 11.9. The van der Waals surface area contributed by atoms with E-state index in [1.165, 1.54) is 36.4 Å². The molecule has 0 fully saturated rings. The fourth-order valence-electron chi connectivity index (χ4n) is 2.16. The Morgan fingerprint density at radius 3 is 2.36 bits per heavy atom. The highest BCUT2D eigenvalue weighted by Crippen LogP contribution is 2.30. The quantitative estimate of drug-likeness (QED) is 0.757. The highest BCUT2D eigenvalue weighted by Gasteiger charge is 2.22. The van der Waals surface area contributed by atoms with Crippen LogP contribution in [0.2, 0.25) is 5.02 Å². The number of nitriles is 1. The van der Waals surface area contributed by atoms with Crippen molar-refractivity contribution in [3.8, 4) is 17.3 Å². The standard InChI is InChI=1S/C16H10ClFN4O2S/c17-15-14(10-19)20-22(16(15)11-6-8-12(18)9-7-11)21-25(23,24)13-4-2-1-3-5-13/h1-9,21H. The molecule has 1 aromatic heterocycles. The van der Waals surface area contributed by atoms with Gasteiger partial charge in [-0.25, -0.2) is 4.39 Å². The number of aromatic nitrogens is 2. The zero-order valence-corrected chi connectivity index (χ0v) is 14.1. The van der Waals surface area contributed by atoms with Gasteiger partial charge < -0.3 is 0 Å². The van der Waals surface area contributed by atoms with Crippen LogP contribution in [0.15, 0.2) is 59.5 Å². The average molecular weight is 377 g/mol. The molecule has 0 aliphatic heterocycles. The Labute approximate surface area is 148 Å². The minimum atomic E-state index is -3.96. The zero-order valence-electron chi connectivity index (χ0n) is 12.5. The molecule has 0 atom stereocenters. The summed E-state index contributed by atoms with van der Waals surface area (Å²) in [6, 6.07) is 14.7. The minimum absolute atomic E-state index is 0.0187. The molecule has 0 unspecified atom stereocenters. The average Bonchev–Trinajstić information content (AvgIpc) is 2.91. The van der Waals surface area contributed by atoms with Crippen LogP contribution in [0.4, 0.5) is 4.39 Å². The molecule has 3 aromatic rings. The van der Waals surface area contributed by atoms with Crippen LogP contribution < -0.4 is 4.83 Å². The fraction of sp³-hybridized carbons (Fsp3) is 0. The molecule has 0 saturated heterocycles. The molecule has 25 heavy (non-hydrogen) atoms. The van der Waals surface area contributed by atoms with Crippen LogP contribution in [0.3, 0.4) is 0 Å². The molecule has 0 saturated carbocycles. The van der Waals surface area contributed by atoms with E-state index in [2.05, 4.69) is 9.93 Å². The van der Waals surface area contributed by atoms with E-state index in [4.69, 9.17) is 16.9 Å². The maximum atomic E-state index is 13.1. The fourth-order valence-corrected chi connectivity index (χ4v) is 3.41. The Bertz CT molecular complexity index is 1060. The van der Waals surface area contributed by atoms with Gasteiger partial charge in [-0.05, 0) is 36.4 Å². The Morgan fingerprint density at radius 2 is 1.76 bits per heavy atom. The highest BCUT2D eigenvalue weighted by atomic mass is 35.5. The van der Waals surface area contributed by atoms with Crippen molar-refractivity contribution >= 4 is 21.6 Å². The lowest BCUT2D eigenvalue weighted by atomic mass is 10.1. The second kappa shape index (κ2) is 6.55. The van der Waals surface area contributed by atoms with Gasteiger partial charge in [0, 0.05) is 5.56 Å². The number of nitrogens with zero attached hydrogens (tertiary/aromatic N) is 3. The summed E-state index contributed by atoms with van der Waals surface area (Å²) in [6.07, 6.45) is 0. The van der Waals surface area contributed by atoms with E-state index in [0.717, 1.165) is 4.79 Å². The van der Waals surface area contributed by atoms with Gasteiger partial charge >= 0.3 is 0 Å². The molecule has 3 rings (SSSR count). The van der Waals surface area contributed by atoms with E-state index in [9.17, 15) is 12.8 Å². The number of rotatable bonds is 4. The molecule has 0 bridgehead atoms. The Hall–Kier alpha value is -2.89. The van der Waals surface area contributed by atoms with Gasteiger partial charge in [-0.2, -0.15) is 23.3 Å². The molecule has 0 aliphatic carbocycles. The summed E-state index contributed by atoms with van der Waals surface area (Å²) in [5.41, 5.74) is 0.380. The van der Waals surface area contributed by atoms with Crippen molar-refractivity contribution in [3.63, 3.8) is 0 Å². The third kappa shape index (κ3) is 3.33. The maximum absolute atomic E-state index is 13.1. The molecule has 0 spiro atoms. The molecular weight excluding hydrogens is 367 g/mol. The summed E-state index contributed by atoms with van der Waals surface area (Å²) in [7, 11) is -3.96. The van der Waals surface area contributed by atoms with Crippen LogP contribution in [0.5, 0.6) is 0 Å². The summed E-state index contributed by atoms with van der Waals surface area (Å²) in [6.45, 7) is 0. The number of nitrogens with one attached hydrogen (secondary N) is 1. The van der Waals surface area contributed by atoms with E-state index in [1.807, 2.05) is 0 Å². The second-order valence-corrected chi connectivity index (χ2v) is 6.99. The molecule has 0 radical (unpaired) electrons. The monoisotopic (exact) mass is 376 g/mol. The van der Waals surface area contributed by atoms with Crippen LogP contribution >= 0.6 is 11.6 Å². The number of hydrogen-bond acceptors (Lipinski definition) is 4. The Balaban J connectivity index is 2.11. The van der Waals surface area contributed by atoms with E-state index in [-0.39, 0.29) is 21.3 Å². The lowest BCUT2D eigenvalue weighted by molar-refractivity contribution is 0.592. The summed E-state index contributed by atoms with van der Waals surface area (Å²) >= 11 is 6.14. The van der Waals surface area contributed by atoms with Gasteiger partial charge in [0.25, 0.3) is 10.0 Å². The molecule has 126 valence electrons. The number of sulfonamides is 1. The topological polar surface area (TPSA) is 87.8 Å². The normalized spacial score (nSPS) is 11.1. The molecule has 6 nitrogen and oxygen atoms in total. The summed E-state index contributed by atoms with van der Waals surface area (Å²) in [5.74, 6) is -0.462. The maximum Gasteiger partial charge on any atom is 0.276 e. The summed E-state index contributed by atoms with van der Waals surface area (Å²) in [5, 5.41) is 13.0. The summed E-state index contributed by atoms with van der Waals surface area (Å²) < 4.78 is 38.1. The van der Waals surface area contributed by atoms with Crippen molar-refractivity contribution in [2.24, 2.45) is 0 Å². The first-order valence-corrected chi connectivity index (χ1v) is 8.81.